The second-order valence-electron chi connectivity index (χ2n) is 5.82. The molecule has 110 valence electrons. The maximum Gasteiger partial charge on any atom is 0.235 e. The van der Waals surface area contributed by atoms with E-state index < -0.39 is 18.0 Å². The molecular formula is C14H18NO5-. The van der Waals surface area contributed by atoms with Gasteiger partial charge in [-0.3, -0.25) is 4.79 Å². The highest BCUT2D eigenvalue weighted by Gasteiger charge is 2.61. The van der Waals surface area contributed by atoms with Crippen LogP contribution in [0.3, 0.4) is 0 Å². The summed E-state index contributed by atoms with van der Waals surface area (Å²) in [6.07, 6.45) is 1.47. The van der Waals surface area contributed by atoms with Gasteiger partial charge in [-0.2, -0.15) is 0 Å². The van der Waals surface area contributed by atoms with Gasteiger partial charge in [0.15, 0.2) is 0 Å². The minimum Gasteiger partial charge on any atom is -0.543 e. The predicted molar refractivity (Wildman–Crippen MR) is 66.0 cm³/mol. The molecule has 5 unspecified atom stereocenters. The Morgan fingerprint density at radius 1 is 1.50 bits per heavy atom. The number of carboxylic acid groups (broad SMARTS) is 1. The van der Waals surface area contributed by atoms with Crippen LogP contribution in [0.1, 0.15) is 26.2 Å². The second-order valence-corrected chi connectivity index (χ2v) is 5.82. The molecule has 0 aromatic carbocycles. The Labute approximate surface area is 117 Å². The van der Waals surface area contributed by atoms with Gasteiger partial charge in [0, 0.05) is 13.0 Å². The zero-order valence-corrected chi connectivity index (χ0v) is 11.5. The number of methoxy groups -OCH3 is 1. The molecule has 5 atom stereocenters. The summed E-state index contributed by atoms with van der Waals surface area (Å²) < 4.78 is 5.39. The summed E-state index contributed by atoms with van der Waals surface area (Å²) in [5, 5.41) is 21.2. The van der Waals surface area contributed by atoms with Crippen LogP contribution in [0.5, 0.6) is 0 Å². The number of carbonyl (C=O) groups is 2. The standard InChI is InChI=1S/C14H19NO5/c1-6(16)9-11-7-4-3-5-8(20-2)10(7)12(14(18)19)15(11)13(9)17/h6-9,11,16H,3-5H2,1-2H3,(H,18,19)/p-1. The Kier molecular flexibility index (Phi) is 3.10. The third-order valence-electron chi connectivity index (χ3n) is 4.84. The first kappa shape index (κ1) is 13.6. The van der Waals surface area contributed by atoms with Crippen LogP contribution in [0.25, 0.3) is 0 Å². The fourth-order valence-corrected chi connectivity index (χ4v) is 4.07. The van der Waals surface area contributed by atoms with Crippen molar-refractivity contribution in [1.29, 1.82) is 0 Å². The van der Waals surface area contributed by atoms with Gasteiger partial charge >= 0.3 is 0 Å². The van der Waals surface area contributed by atoms with Crippen molar-refractivity contribution in [2.24, 2.45) is 11.8 Å². The van der Waals surface area contributed by atoms with Crippen LogP contribution in [-0.4, -0.2) is 47.2 Å². The first-order chi connectivity index (χ1) is 9.49. The van der Waals surface area contributed by atoms with Crippen molar-refractivity contribution >= 4 is 11.9 Å². The smallest absolute Gasteiger partial charge is 0.235 e. The van der Waals surface area contributed by atoms with Crippen LogP contribution in [-0.2, 0) is 14.3 Å². The van der Waals surface area contributed by atoms with E-state index in [1.54, 1.807) is 14.0 Å². The Hall–Kier alpha value is -1.40. The number of amides is 1. The Bertz CT molecular complexity index is 498. The second kappa shape index (κ2) is 4.56. The van der Waals surface area contributed by atoms with Crippen molar-refractivity contribution in [1.82, 2.24) is 4.90 Å². The molecule has 1 saturated heterocycles. The summed E-state index contributed by atoms with van der Waals surface area (Å²) in [4.78, 5) is 24.9. The van der Waals surface area contributed by atoms with Crippen molar-refractivity contribution < 1.29 is 24.5 Å². The maximum atomic E-state index is 12.1. The number of hydrogen-bond donors (Lipinski definition) is 1. The van der Waals surface area contributed by atoms with E-state index in [9.17, 15) is 19.8 Å². The van der Waals surface area contributed by atoms with Gasteiger partial charge in [-0.15, -0.1) is 0 Å². The third kappa shape index (κ3) is 1.58. The molecule has 2 aliphatic heterocycles. The molecule has 20 heavy (non-hydrogen) atoms. The van der Waals surface area contributed by atoms with Gasteiger partial charge < -0.3 is 24.6 Å². The topological polar surface area (TPSA) is 89.9 Å². The molecule has 0 radical (unpaired) electrons. The van der Waals surface area contributed by atoms with E-state index in [0.29, 0.717) is 5.57 Å². The highest BCUT2D eigenvalue weighted by molar-refractivity contribution is 5.99. The van der Waals surface area contributed by atoms with Gasteiger partial charge in [0.1, 0.15) is 0 Å². The lowest BCUT2D eigenvalue weighted by molar-refractivity contribution is -0.301. The van der Waals surface area contributed by atoms with Gasteiger partial charge in [-0.1, -0.05) is 0 Å². The number of ether oxygens (including phenoxy) is 1. The first-order valence-electron chi connectivity index (χ1n) is 6.98. The van der Waals surface area contributed by atoms with Gasteiger partial charge in [0.2, 0.25) is 5.91 Å². The van der Waals surface area contributed by atoms with Crippen molar-refractivity contribution in [3.63, 3.8) is 0 Å². The molecule has 1 N–H and O–H groups in total. The molecule has 0 spiro atoms. The summed E-state index contributed by atoms with van der Waals surface area (Å²) in [6, 6.07) is -0.247. The highest BCUT2D eigenvalue weighted by atomic mass is 16.5. The monoisotopic (exact) mass is 280 g/mol. The van der Waals surface area contributed by atoms with E-state index >= 15 is 0 Å². The maximum absolute atomic E-state index is 12.1. The average molecular weight is 280 g/mol. The third-order valence-corrected chi connectivity index (χ3v) is 4.84. The summed E-state index contributed by atoms with van der Waals surface area (Å²) >= 11 is 0. The lowest BCUT2D eigenvalue weighted by atomic mass is 9.72. The van der Waals surface area contributed by atoms with Gasteiger partial charge in [-0.25, -0.2) is 0 Å². The van der Waals surface area contributed by atoms with E-state index in [1.807, 2.05) is 0 Å². The molecule has 3 rings (SSSR count). The lowest BCUT2D eigenvalue weighted by Gasteiger charge is -2.48. The molecule has 0 bridgehead atoms. The number of carboxylic acids is 1. The largest absolute Gasteiger partial charge is 0.543 e. The van der Waals surface area contributed by atoms with Crippen LogP contribution in [0, 0.1) is 11.8 Å². The molecule has 1 saturated carbocycles. The number of hydrogen-bond acceptors (Lipinski definition) is 5. The fraction of sp³-hybridized carbons (Fsp3) is 0.714. The molecular weight excluding hydrogens is 262 g/mol. The van der Waals surface area contributed by atoms with E-state index in [1.165, 1.54) is 4.90 Å². The van der Waals surface area contributed by atoms with E-state index in [0.717, 1.165) is 19.3 Å². The van der Waals surface area contributed by atoms with Crippen molar-refractivity contribution in [3.8, 4) is 0 Å². The Morgan fingerprint density at radius 3 is 2.75 bits per heavy atom. The lowest BCUT2D eigenvalue weighted by Crippen LogP contribution is -2.64. The Morgan fingerprint density at radius 2 is 2.20 bits per heavy atom. The SMILES string of the molecule is COC1CCCC2C1=C(C(=O)[O-])N1C(=O)C(C(C)O)C21. The molecule has 0 aromatic heterocycles. The fourth-order valence-electron chi connectivity index (χ4n) is 4.07. The quantitative estimate of drug-likeness (QED) is 0.672. The highest BCUT2D eigenvalue weighted by Crippen LogP contribution is 2.52. The molecule has 0 aromatic rings. The predicted octanol–water partition coefficient (Wildman–Crippen LogP) is -0.973. The van der Waals surface area contributed by atoms with Crippen LogP contribution in [0.2, 0.25) is 0 Å². The van der Waals surface area contributed by atoms with E-state index in [-0.39, 0.29) is 29.7 Å². The number of β-lactam (4-membered cyclic amide) rings is 1. The molecule has 2 heterocycles. The normalized spacial score (nSPS) is 37.4. The minimum absolute atomic E-state index is 0.0200. The number of aliphatic hydroxyl groups is 1. The number of aliphatic carboxylic acids is 1. The first-order valence-corrected chi connectivity index (χ1v) is 6.98. The molecule has 2 fully saturated rings. The zero-order valence-electron chi connectivity index (χ0n) is 11.5. The summed E-state index contributed by atoms with van der Waals surface area (Å²) in [6.45, 7) is 1.58. The van der Waals surface area contributed by atoms with Crippen molar-refractivity contribution in [2.45, 2.75) is 44.4 Å². The Balaban J connectivity index is 2.04. The van der Waals surface area contributed by atoms with Crippen molar-refractivity contribution in [3.05, 3.63) is 11.3 Å². The molecule has 6 heteroatoms. The summed E-state index contributed by atoms with van der Waals surface area (Å²) in [5.74, 6) is -2.18. The van der Waals surface area contributed by atoms with E-state index in [4.69, 9.17) is 4.74 Å². The number of fused-ring (bicyclic) bond motifs is 3. The van der Waals surface area contributed by atoms with Gasteiger partial charge in [0.05, 0.1) is 35.8 Å². The number of aliphatic hydroxyl groups excluding tert-OH is 1. The zero-order chi connectivity index (χ0) is 14.6. The van der Waals surface area contributed by atoms with Crippen LogP contribution >= 0.6 is 0 Å². The summed E-state index contributed by atoms with van der Waals surface area (Å²) in [5.41, 5.74) is 0.661. The summed E-state index contributed by atoms with van der Waals surface area (Å²) in [7, 11) is 1.55. The van der Waals surface area contributed by atoms with Gasteiger partial charge in [0.25, 0.3) is 0 Å². The molecule has 6 nitrogen and oxygen atoms in total. The number of carbonyl (C=O) groups excluding carboxylic acids is 2. The van der Waals surface area contributed by atoms with Crippen LogP contribution in [0.4, 0.5) is 0 Å². The molecule has 1 amide bonds. The minimum atomic E-state index is -1.33. The average Bonchev–Trinajstić information content (AvgIpc) is 2.69. The number of nitrogens with zero attached hydrogens (tertiary/aromatic N) is 1. The van der Waals surface area contributed by atoms with Crippen LogP contribution < -0.4 is 5.11 Å². The van der Waals surface area contributed by atoms with Gasteiger partial charge in [-0.05, 0) is 31.8 Å². The van der Waals surface area contributed by atoms with Crippen molar-refractivity contribution in [2.75, 3.05) is 7.11 Å². The van der Waals surface area contributed by atoms with E-state index in [2.05, 4.69) is 0 Å². The molecule has 1 aliphatic carbocycles. The van der Waals surface area contributed by atoms with Crippen LogP contribution in [0.15, 0.2) is 11.3 Å². The molecule has 3 aliphatic rings. The number of rotatable bonds is 3.